The molecule has 2 aliphatic rings. The fourth-order valence-corrected chi connectivity index (χ4v) is 3.58. The molecule has 1 saturated heterocycles. The molecule has 6 nitrogen and oxygen atoms in total. The van der Waals surface area contributed by atoms with Crippen molar-refractivity contribution in [2.45, 2.75) is 31.9 Å². The summed E-state index contributed by atoms with van der Waals surface area (Å²) in [6, 6.07) is 7.32. The predicted octanol–water partition coefficient (Wildman–Crippen LogP) is 0.595. The molecule has 3 rings (SSSR count). The van der Waals surface area contributed by atoms with Crippen LogP contribution in [0.3, 0.4) is 0 Å². The highest BCUT2D eigenvalue weighted by Crippen LogP contribution is 2.45. The lowest BCUT2D eigenvalue weighted by Crippen LogP contribution is -2.57. The number of benzene rings is 1. The minimum atomic E-state index is -0.937. The van der Waals surface area contributed by atoms with Crippen molar-refractivity contribution in [3.8, 4) is 0 Å². The zero-order valence-electron chi connectivity index (χ0n) is 12.9. The van der Waals surface area contributed by atoms with Gasteiger partial charge in [-0.15, -0.1) is 0 Å². The standard InChI is InChI=1S/C17H20N2O4/c1-9(20)13-8-19-14(13)7-12(16(19)17(22)23)11-4-2-10(3-5-11)6-15(18)21/h2-5,9,13-14,20H,6-8H2,1H3,(H2,18,21)(H,22,23). The summed E-state index contributed by atoms with van der Waals surface area (Å²) in [5, 5.41) is 19.3. The molecule has 1 aromatic rings. The van der Waals surface area contributed by atoms with Crippen LogP contribution in [0.1, 0.15) is 24.5 Å². The molecule has 0 saturated carbocycles. The van der Waals surface area contributed by atoms with Gasteiger partial charge < -0.3 is 20.8 Å². The summed E-state index contributed by atoms with van der Waals surface area (Å²) in [6.07, 6.45) is 0.347. The number of aliphatic carboxylic acids is 1. The van der Waals surface area contributed by atoms with E-state index in [1.807, 2.05) is 17.0 Å². The number of hydrogen-bond acceptors (Lipinski definition) is 4. The number of aliphatic hydroxyl groups is 1. The number of primary amides is 1. The number of carboxylic acid groups (broad SMARTS) is 1. The van der Waals surface area contributed by atoms with Crippen LogP contribution in [-0.4, -0.2) is 45.7 Å². The Morgan fingerprint density at radius 3 is 2.52 bits per heavy atom. The molecule has 3 atom stereocenters. The first-order valence-electron chi connectivity index (χ1n) is 7.67. The Kier molecular flexibility index (Phi) is 3.85. The van der Waals surface area contributed by atoms with E-state index in [9.17, 15) is 19.8 Å². The zero-order chi connectivity index (χ0) is 16.7. The Bertz CT molecular complexity index is 678. The molecule has 4 N–H and O–H groups in total. The number of carbonyl (C=O) groups is 2. The molecule has 1 amide bonds. The first-order valence-corrected chi connectivity index (χ1v) is 7.67. The Balaban J connectivity index is 1.88. The molecule has 6 heteroatoms. The summed E-state index contributed by atoms with van der Waals surface area (Å²) in [7, 11) is 0. The Labute approximate surface area is 134 Å². The van der Waals surface area contributed by atoms with Crippen LogP contribution in [0.25, 0.3) is 5.57 Å². The van der Waals surface area contributed by atoms with E-state index in [1.165, 1.54) is 0 Å². The maximum atomic E-state index is 11.6. The molecular weight excluding hydrogens is 296 g/mol. The average molecular weight is 316 g/mol. The van der Waals surface area contributed by atoms with E-state index in [0.29, 0.717) is 18.7 Å². The van der Waals surface area contributed by atoms with Crippen LogP contribution in [0.4, 0.5) is 0 Å². The summed E-state index contributed by atoms with van der Waals surface area (Å²) < 4.78 is 0. The van der Waals surface area contributed by atoms with Crippen molar-refractivity contribution in [3.05, 3.63) is 41.1 Å². The second kappa shape index (κ2) is 5.70. The minimum Gasteiger partial charge on any atom is -0.477 e. The smallest absolute Gasteiger partial charge is 0.352 e. The van der Waals surface area contributed by atoms with Gasteiger partial charge in [-0.1, -0.05) is 24.3 Å². The maximum absolute atomic E-state index is 11.6. The number of rotatable bonds is 5. The number of fused-ring (bicyclic) bond motifs is 1. The first-order chi connectivity index (χ1) is 10.9. The predicted molar refractivity (Wildman–Crippen MR) is 84.2 cm³/mol. The first kappa shape index (κ1) is 15.6. The monoisotopic (exact) mass is 316 g/mol. The van der Waals surface area contributed by atoms with Gasteiger partial charge in [0.2, 0.25) is 5.91 Å². The second-order valence-corrected chi connectivity index (χ2v) is 6.30. The van der Waals surface area contributed by atoms with Crippen molar-refractivity contribution in [1.82, 2.24) is 4.90 Å². The van der Waals surface area contributed by atoms with E-state index in [2.05, 4.69) is 0 Å². The fourth-order valence-electron chi connectivity index (χ4n) is 3.58. The Hall–Kier alpha value is -2.34. The summed E-state index contributed by atoms with van der Waals surface area (Å²) in [5.74, 6) is -1.23. The molecule has 122 valence electrons. The lowest BCUT2D eigenvalue weighted by atomic mass is 9.83. The topological polar surface area (TPSA) is 104 Å². The van der Waals surface area contributed by atoms with Gasteiger partial charge in [-0.25, -0.2) is 4.79 Å². The third kappa shape index (κ3) is 2.70. The molecule has 23 heavy (non-hydrogen) atoms. The van der Waals surface area contributed by atoms with E-state index >= 15 is 0 Å². The van der Waals surface area contributed by atoms with Crippen LogP contribution in [0.2, 0.25) is 0 Å². The van der Waals surface area contributed by atoms with E-state index in [4.69, 9.17) is 5.73 Å². The van der Waals surface area contributed by atoms with E-state index in [-0.39, 0.29) is 18.4 Å². The molecule has 1 fully saturated rings. The largest absolute Gasteiger partial charge is 0.477 e. The van der Waals surface area contributed by atoms with Crippen LogP contribution < -0.4 is 5.73 Å². The molecule has 0 aliphatic carbocycles. The summed E-state index contributed by atoms with van der Waals surface area (Å²) in [5.41, 5.74) is 7.94. The van der Waals surface area contributed by atoms with Gasteiger partial charge in [-0.05, 0) is 30.0 Å². The van der Waals surface area contributed by atoms with E-state index in [0.717, 1.165) is 16.7 Å². The molecule has 2 aliphatic heterocycles. The molecule has 0 bridgehead atoms. The third-order valence-corrected chi connectivity index (χ3v) is 4.79. The molecule has 2 heterocycles. The molecule has 0 spiro atoms. The SMILES string of the molecule is CC(O)C1CN2C(C(=O)O)=C(c3ccc(CC(N)=O)cc3)CC12. The van der Waals surface area contributed by atoms with Crippen molar-refractivity contribution in [1.29, 1.82) is 0 Å². The number of carbonyl (C=O) groups excluding carboxylic acids is 1. The van der Waals surface area contributed by atoms with Gasteiger partial charge in [-0.3, -0.25) is 4.79 Å². The number of carboxylic acids is 1. The number of hydrogen-bond donors (Lipinski definition) is 3. The normalized spacial score (nSPS) is 24.2. The van der Waals surface area contributed by atoms with Gasteiger partial charge in [0.05, 0.1) is 12.5 Å². The summed E-state index contributed by atoms with van der Waals surface area (Å²) in [6.45, 7) is 2.33. The highest BCUT2D eigenvalue weighted by molar-refractivity contribution is 5.97. The van der Waals surface area contributed by atoms with Crippen LogP contribution in [0.5, 0.6) is 0 Å². The molecule has 3 unspecified atom stereocenters. The third-order valence-electron chi connectivity index (χ3n) is 4.79. The number of amides is 1. The molecule has 0 aromatic heterocycles. The molecule has 0 radical (unpaired) electrons. The Morgan fingerprint density at radius 2 is 2.00 bits per heavy atom. The Morgan fingerprint density at radius 1 is 1.35 bits per heavy atom. The van der Waals surface area contributed by atoms with Gasteiger partial charge >= 0.3 is 5.97 Å². The fraction of sp³-hybridized carbons (Fsp3) is 0.412. The second-order valence-electron chi connectivity index (χ2n) is 6.30. The van der Waals surface area contributed by atoms with E-state index in [1.54, 1.807) is 19.1 Å². The van der Waals surface area contributed by atoms with Crippen LogP contribution in [0, 0.1) is 5.92 Å². The highest BCUT2D eigenvalue weighted by Gasteiger charge is 2.49. The summed E-state index contributed by atoms with van der Waals surface area (Å²) in [4.78, 5) is 24.5. The van der Waals surface area contributed by atoms with Crippen molar-refractivity contribution >= 4 is 17.4 Å². The molecule has 1 aromatic carbocycles. The maximum Gasteiger partial charge on any atom is 0.352 e. The van der Waals surface area contributed by atoms with Gasteiger partial charge in [0.15, 0.2) is 0 Å². The number of nitrogens with two attached hydrogens (primary N) is 1. The average Bonchev–Trinajstić information content (AvgIpc) is 2.72. The van der Waals surface area contributed by atoms with Crippen LogP contribution >= 0.6 is 0 Å². The van der Waals surface area contributed by atoms with Gasteiger partial charge in [0, 0.05) is 18.5 Å². The molecular formula is C17H20N2O4. The van der Waals surface area contributed by atoms with E-state index < -0.39 is 18.0 Å². The van der Waals surface area contributed by atoms with Crippen molar-refractivity contribution in [2.75, 3.05) is 6.54 Å². The lowest BCUT2D eigenvalue weighted by molar-refractivity contribution is -0.136. The van der Waals surface area contributed by atoms with Gasteiger partial charge in [0.25, 0.3) is 0 Å². The van der Waals surface area contributed by atoms with Crippen LogP contribution in [-0.2, 0) is 16.0 Å². The van der Waals surface area contributed by atoms with Gasteiger partial charge in [-0.2, -0.15) is 0 Å². The lowest BCUT2D eigenvalue weighted by Gasteiger charge is -2.47. The quantitative estimate of drug-likeness (QED) is 0.738. The number of aliphatic hydroxyl groups excluding tert-OH is 1. The van der Waals surface area contributed by atoms with Crippen molar-refractivity contribution in [3.63, 3.8) is 0 Å². The zero-order valence-corrected chi connectivity index (χ0v) is 12.9. The minimum absolute atomic E-state index is 0.0568. The van der Waals surface area contributed by atoms with Crippen molar-refractivity contribution in [2.24, 2.45) is 11.7 Å². The van der Waals surface area contributed by atoms with Gasteiger partial charge in [0.1, 0.15) is 5.70 Å². The number of nitrogens with zero attached hydrogens (tertiary/aromatic N) is 1. The highest BCUT2D eigenvalue weighted by atomic mass is 16.4. The summed E-state index contributed by atoms with van der Waals surface area (Å²) >= 11 is 0. The van der Waals surface area contributed by atoms with Crippen molar-refractivity contribution < 1.29 is 19.8 Å². The van der Waals surface area contributed by atoms with Crippen LogP contribution in [0.15, 0.2) is 30.0 Å².